The van der Waals surface area contributed by atoms with Crippen molar-refractivity contribution in [3.8, 4) is 5.75 Å². The highest BCUT2D eigenvalue weighted by molar-refractivity contribution is 7.12. The Hall–Kier alpha value is -1.85. The Morgan fingerprint density at radius 1 is 1.26 bits per heavy atom. The number of amides is 1. The summed E-state index contributed by atoms with van der Waals surface area (Å²) in [4.78, 5) is 15.4. The summed E-state index contributed by atoms with van der Waals surface area (Å²) >= 11 is 1.47. The number of methoxy groups -OCH3 is 1. The van der Waals surface area contributed by atoms with Crippen LogP contribution in [0.2, 0.25) is 0 Å². The number of likely N-dealkylation sites (tertiary alicyclic amines) is 1. The topological polar surface area (TPSA) is 41.6 Å². The molecule has 0 spiro atoms. The highest BCUT2D eigenvalue weighted by Gasteiger charge is 2.24. The van der Waals surface area contributed by atoms with Gasteiger partial charge in [0.15, 0.2) is 0 Å². The number of carbonyl (C=O) groups excluding carboxylic acids is 1. The van der Waals surface area contributed by atoms with Crippen molar-refractivity contribution in [1.82, 2.24) is 10.2 Å². The summed E-state index contributed by atoms with van der Waals surface area (Å²) in [6.45, 7) is 2.81. The number of rotatable bonds is 6. The summed E-state index contributed by atoms with van der Waals surface area (Å²) in [6.07, 6.45) is 2.46. The van der Waals surface area contributed by atoms with Crippen molar-refractivity contribution in [2.75, 3.05) is 26.7 Å². The number of hydrogen-bond donors (Lipinski definition) is 1. The number of thiophene rings is 1. The first-order valence-electron chi connectivity index (χ1n) is 7.97. The molecule has 2 heterocycles. The number of ether oxygens (including phenoxy) is 1. The fourth-order valence-electron chi connectivity index (χ4n) is 3.02. The van der Waals surface area contributed by atoms with Gasteiger partial charge in [-0.05, 0) is 55.1 Å². The Labute approximate surface area is 141 Å². The standard InChI is InChI=1S/C18H22N2O2S/c1-22-15-8-6-14(7-9-15)16(20-10-2-3-11-20)13-19-18(21)17-5-4-12-23-17/h4-9,12,16H,2-3,10-11,13H2,1H3,(H,19,21)/t16-/m1/s1. The summed E-state index contributed by atoms with van der Waals surface area (Å²) in [7, 11) is 1.67. The van der Waals surface area contributed by atoms with Gasteiger partial charge in [-0.3, -0.25) is 9.69 Å². The minimum Gasteiger partial charge on any atom is -0.497 e. The van der Waals surface area contributed by atoms with E-state index in [2.05, 4.69) is 22.3 Å². The van der Waals surface area contributed by atoms with E-state index in [1.165, 1.54) is 29.7 Å². The lowest BCUT2D eigenvalue weighted by Crippen LogP contribution is -2.36. The molecular weight excluding hydrogens is 308 g/mol. The maximum absolute atomic E-state index is 12.2. The fraction of sp³-hybridized carbons (Fsp3) is 0.389. The highest BCUT2D eigenvalue weighted by Crippen LogP contribution is 2.26. The third kappa shape index (κ3) is 3.92. The van der Waals surface area contributed by atoms with Crippen LogP contribution < -0.4 is 10.1 Å². The Morgan fingerprint density at radius 3 is 2.61 bits per heavy atom. The molecule has 1 amide bonds. The number of benzene rings is 1. The molecule has 1 aromatic carbocycles. The smallest absolute Gasteiger partial charge is 0.261 e. The normalized spacial score (nSPS) is 16.2. The van der Waals surface area contributed by atoms with Crippen molar-refractivity contribution in [2.24, 2.45) is 0 Å². The van der Waals surface area contributed by atoms with Crippen LogP contribution >= 0.6 is 11.3 Å². The van der Waals surface area contributed by atoms with Gasteiger partial charge in [-0.1, -0.05) is 18.2 Å². The van der Waals surface area contributed by atoms with Gasteiger partial charge in [-0.15, -0.1) is 11.3 Å². The predicted molar refractivity (Wildman–Crippen MR) is 93.2 cm³/mol. The van der Waals surface area contributed by atoms with Crippen LogP contribution in [0.1, 0.15) is 34.1 Å². The van der Waals surface area contributed by atoms with Crippen LogP contribution in [0.5, 0.6) is 5.75 Å². The molecule has 1 aliphatic heterocycles. The predicted octanol–water partition coefficient (Wildman–Crippen LogP) is 3.32. The molecule has 23 heavy (non-hydrogen) atoms. The second-order valence-electron chi connectivity index (χ2n) is 5.72. The van der Waals surface area contributed by atoms with Gasteiger partial charge in [0.2, 0.25) is 0 Å². The zero-order chi connectivity index (χ0) is 16.1. The summed E-state index contributed by atoms with van der Waals surface area (Å²) in [5.74, 6) is 0.870. The summed E-state index contributed by atoms with van der Waals surface area (Å²) < 4.78 is 5.24. The molecule has 122 valence electrons. The van der Waals surface area contributed by atoms with Crippen LogP contribution in [-0.4, -0.2) is 37.6 Å². The van der Waals surface area contributed by atoms with Crippen LogP contribution in [0.15, 0.2) is 41.8 Å². The van der Waals surface area contributed by atoms with E-state index in [0.29, 0.717) is 6.54 Å². The van der Waals surface area contributed by atoms with Gasteiger partial charge in [0.1, 0.15) is 5.75 Å². The van der Waals surface area contributed by atoms with Gasteiger partial charge in [0.05, 0.1) is 18.0 Å². The quantitative estimate of drug-likeness (QED) is 0.883. The van der Waals surface area contributed by atoms with E-state index in [1.54, 1.807) is 7.11 Å². The number of carbonyl (C=O) groups is 1. The molecule has 0 aliphatic carbocycles. The highest BCUT2D eigenvalue weighted by atomic mass is 32.1. The number of nitrogens with zero attached hydrogens (tertiary/aromatic N) is 1. The zero-order valence-corrected chi connectivity index (χ0v) is 14.1. The molecule has 2 aromatic rings. The van der Waals surface area contributed by atoms with E-state index in [0.717, 1.165) is 23.7 Å². The molecule has 1 saturated heterocycles. The third-order valence-corrected chi connectivity index (χ3v) is 5.15. The Balaban J connectivity index is 1.71. The third-order valence-electron chi connectivity index (χ3n) is 4.28. The minimum atomic E-state index is 0.0118. The van der Waals surface area contributed by atoms with E-state index >= 15 is 0 Å². The van der Waals surface area contributed by atoms with E-state index in [4.69, 9.17) is 4.74 Å². The molecule has 0 saturated carbocycles. The molecule has 3 rings (SSSR count). The average molecular weight is 330 g/mol. The molecule has 1 atom stereocenters. The molecule has 0 unspecified atom stereocenters. The van der Waals surface area contributed by atoms with E-state index in [9.17, 15) is 4.79 Å². The molecule has 0 bridgehead atoms. The zero-order valence-electron chi connectivity index (χ0n) is 13.3. The second-order valence-corrected chi connectivity index (χ2v) is 6.67. The summed E-state index contributed by atoms with van der Waals surface area (Å²) in [6, 6.07) is 12.1. The molecule has 1 aromatic heterocycles. The molecular formula is C18H22N2O2S. The van der Waals surface area contributed by atoms with Crippen molar-refractivity contribution in [3.63, 3.8) is 0 Å². The van der Waals surface area contributed by atoms with Gasteiger partial charge >= 0.3 is 0 Å². The first kappa shape index (κ1) is 16.0. The van der Waals surface area contributed by atoms with Crippen molar-refractivity contribution in [1.29, 1.82) is 0 Å². The van der Waals surface area contributed by atoms with Gasteiger partial charge < -0.3 is 10.1 Å². The number of nitrogens with one attached hydrogen (secondary N) is 1. The van der Waals surface area contributed by atoms with Crippen molar-refractivity contribution >= 4 is 17.2 Å². The summed E-state index contributed by atoms with van der Waals surface area (Å²) in [5, 5.41) is 5.01. The van der Waals surface area contributed by atoms with Gasteiger partial charge in [0, 0.05) is 6.54 Å². The van der Waals surface area contributed by atoms with Crippen LogP contribution in [0.3, 0.4) is 0 Å². The largest absolute Gasteiger partial charge is 0.497 e. The van der Waals surface area contributed by atoms with Gasteiger partial charge in [-0.25, -0.2) is 0 Å². The van der Waals surface area contributed by atoms with Crippen LogP contribution in [0.4, 0.5) is 0 Å². The van der Waals surface area contributed by atoms with Crippen LogP contribution in [0, 0.1) is 0 Å². The molecule has 4 nitrogen and oxygen atoms in total. The molecule has 1 aliphatic rings. The maximum atomic E-state index is 12.2. The lowest BCUT2D eigenvalue weighted by Gasteiger charge is -2.28. The van der Waals surface area contributed by atoms with Crippen molar-refractivity contribution in [3.05, 3.63) is 52.2 Å². The first-order chi connectivity index (χ1) is 11.3. The summed E-state index contributed by atoms with van der Waals surface area (Å²) in [5.41, 5.74) is 1.22. The van der Waals surface area contributed by atoms with E-state index in [-0.39, 0.29) is 11.9 Å². The average Bonchev–Trinajstić information content (AvgIpc) is 3.29. The van der Waals surface area contributed by atoms with E-state index in [1.807, 2.05) is 29.6 Å². The Bertz CT molecular complexity index is 619. The minimum absolute atomic E-state index is 0.0118. The SMILES string of the molecule is COc1ccc([C@@H](CNC(=O)c2cccs2)N2CCCC2)cc1. The van der Waals surface area contributed by atoms with Crippen LogP contribution in [0.25, 0.3) is 0 Å². The molecule has 1 fully saturated rings. The van der Waals surface area contributed by atoms with E-state index < -0.39 is 0 Å². The lowest BCUT2D eigenvalue weighted by molar-refractivity contribution is 0.0942. The van der Waals surface area contributed by atoms with Gasteiger partial charge in [0.25, 0.3) is 5.91 Å². The molecule has 1 N–H and O–H groups in total. The second kappa shape index (κ2) is 7.62. The van der Waals surface area contributed by atoms with Crippen molar-refractivity contribution in [2.45, 2.75) is 18.9 Å². The molecule has 5 heteroatoms. The first-order valence-corrected chi connectivity index (χ1v) is 8.85. The maximum Gasteiger partial charge on any atom is 0.261 e. The lowest BCUT2D eigenvalue weighted by atomic mass is 10.1. The van der Waals surface area contributed by atoms with Gasteiger partial charge in [-0.2, -0.15) is 0 Å². The van der Waals surface area contributed by atoms with Crippen LogP contribution in [-0.2, 0) is 0 Å². The Kier molecular flexibility index (Phi) is 5.31. The van der Waals surface area contributed by atoms with Crippen molar-refractivity contribution < 1.29 is 9.53 Å². The fourth-order valence-corrected chi connectivity index (χ4v) is 3.66. The molecule has 0 radical (unpaired) electrons. The number of hydrogen-bond acceptors (Lipinski definition) is 4. The Morgan fingerprint density at radius 2 is 2.00 bits per heavy atom. The monoisotopic (exact) mass is 330 g/mol.